The molecule has 92 valence electrons. The Morgan fingerprint density at radius 1 is 0.867 bits per heavy atom. The van der Waals surface area contributed by atoms with E-state index < -0.39 is 0 Å². The van der Waals surface area contributed by atoms with Gasteiger partial charge in [-0.3, -0.25) is 0 Å². The van der Waals surface area contributed by atoms with E-state index in [4.69, 9.17) is 5.11 Å². The molecule has 0 rings (SSSR count). The highest BCUT2D eigenvalue weighted by Crippen LogP contribution is 2.11. The van der Waals surface area contributed by atoms with E-state index in [0.29, 0.717) is 0 Å². The van der Waals surface area contributed by atoms with Crippen LogP contribution in [0.25, 0.3) is 0 Å². The van der Waals surface area contributed by atoms with Crippen molar-refractivity contribution >= 4 is 0 Å². The third kappa shape index (κ3) is 7.77. The Balaban J connectivity index is 3.65. The molecular weight excluding hydrogens is 190 g/mol. The number of hydroxylamine groups is 3. The normalized spacial score (nSPS) is 12.0. The molecule has 3 nitrogen and oxygen atoms in total. The van der Waals surface area contributed by atoms with Crippen molar-refractivity contribution in [3.8, 4) is 0 Å². The summed E-state index contributed by atoms with van der Waals surface area (Å²) < 4.78 is -0.00781. The maximum atomic E-state index is 12.2. The SMILES string of the molecule is CCC[N+]([O-])(CCC)CCCCCCO. The molecule has 15 heavy (non-hydrogen) atoms. The Morgan fingerprint density at radius 2 is 1.40 bits per heavy atom. The van der Waals surface area contributed by atoms with Crippen molar-refractivity contribution in [2.75, 3.05) is 26.2 Å². The minimum Gasteiger partial charge on any atom is -0.633 e. The molecule has 0 fully saturated rings. The zero-order valence-electron chi connectivity index (χ0n) is 10.4. The van der Waals surface area contributed by atoms with Crippen molar-refractivity contribution in [1.29, 1.82) is 0 Å². The Bertz CT molecular complexity index is 134. The van der Waals surface area contributed by atoms with Crippen LogP contribution >= 0.6 is 0 Å². The van der Waals surface area contributed by atoms with Gasteiger partial charge in [0.25, 0.3) is 0 Å². The monoisotopic (exact) mass is 217 g/mol. The van der Waals surface area contributed by atoms with Gasteiger partial charge in [-0.25, -0.2) is 0 Å². The summed E-state index contributed by atoms with van der Waals surface area (Å²) in [6.45, 7) is 6.70. The van der Waals surface area contributed by atoms with Gasteiger partial charge in [0.2, 0.25) is 0 Å². The molecule has 3 heteroatoms. The van der Waals surface area contributed by atoms with Gasteiger partial charge in [0, 0.05) is 6.61 Å². The van der Waals surface area contributed by atoms with Crippen molar-refractivity contribution in [3.63, 3.8) is 0 Å². The molecule has 0 aliphatic heterocycles. The number of quaternary nitrogens is 1. The predicted molar refractivity (Wildman–Crippen MR) is 64.4 cm³/mol. The van der Waals surface area contributed by atoms with E-state index in [1.54, 1.807) is 0 Å². The summed E-state index contributed by atoms with van der Waals surface area (Å²) in [5.41, 5.74) is 0. The number of hydrogen-bond acceptors (Lipinski definition) is 2. The predicted octanol–water partition coefficient (Wildman–Crippen LogP) is 2.67. The first-order chi connectivity index (χ1) is 7.18. The third-order valence-electron chi connectivity index (χ3n) is 2.74. The lowest BCUT2D eigenvalue weighted by Crippen LogP contribution is -2.44. The molecule has 0 saturated heterocycles. The van der Waals surface area contributed by atoms with E-state index in [1.165, 1.54) is 0 Å². The van der Waals surface area contributed by atoms with E-state index >= 15 is 0 Å². The van der Waals surface area contributed by atoms with Crippen LogP contribution in [0.5, 0.6) is 0 Å². The van der Waals surface area contributed by atoms with Crippen LogP contribution < -0.4 is 0 Å². The minimum absolute atomic E-state index is 0.00781. The minimum atomic E-state index is -0.00781. The van der Waals surface area contributed by atoms with Crippen LogP contribution in [-0.2, 0) is 0 Å². The van der Waals surface area contributed by atoms with Crippen LogP contribution in [0.2, 0.25) is 0 Å². The standard InChI is InChI=1S/C12H27NO2/c1-3-9-13(15,10-4-2)11-7-5-6-8-12-14/h14H,3-12H2,1-2H3. The van der Waals surface area contributed by atoms with Crippen LogP contribution in [0, 0.1) is 5.21 Å². The molecule has 0 bridgehead atoms. The number of unbranched alkanes of at least 4 members (excludes halogenated alkanes) is 3. The zero-order valence-corrected chi connectivity index (χ0v) is 10.4. The number of aliphatic hydroxyl groups excluding tert-OH is 1. The van der Waals surface area contributed by atoms with Crippen molar-refractivity contribution < 1.29 is 9.75 Å². The molecule has 1 N–H and O–H groups in total. The van der Waals surface area contributed by atoms with E-state index in [1.807, 2.05) is 0 Å². The molecule has 0 aromatic rings. The highest BCUT2D eigenvalue weighted by Gasteiger charge is 2.13. The van der Waals surface area contributed by atoms with Crippen LogP contribution in [-0.4, -0.2) is 36.0 Å². The first kappa shape index (κ1) is 14.9. The average molecular weight is 217 g/mol. The molecule has 0 aliphatic carbocycles. The van der Waals surface area contributed by atoms with Gasteiger partial charge in [0.05, 0.1) is 19.6 Å². The molecule has 0 aromatic heterocycles. The molecule has 0 unspecified atom stereocenters. The maximum Gasteiger partial charge on any atom is 0.0783 e. The quantitative estimate of drug-likeness (QED) is 0.347. The van der Waals surface area contributed by atoms with Gasteiger partial charge < -0.3 is 15.0 Å². The fraction of sp³-hybridized carbons (Fsp3) is 1.00. The van der Waals surface area contributed by atoms with Crippen LogP contribution in [0.15, 0.2) is 0 Å². The number of nitrogens with zero attached hydrogens (tertiary/aromatic N) is 1. The molecule has 0 heterocycles. The Kier molecular flexibility index (Phi) is 9.06. The smallest absolute Gasteiger partial charge is 0.0783 e. The van der Waals surface area contributed by atoms with Gasteiger partial charge >= 0.3 is 0 Å². The topological polar surface area (TPSA) is 43.3 Å². The van der Waals surface area contributed by atoms with Crippen LogP contribution in [0.1, 0.15) is 52.4 Å². The highest BCUT2D eigenvalue weighted by atomic mass is 16.5. The molecule has 0 radical (unpaired) electrons. The van der Waals surface area contributed by atoms with Crippen LogP contribution in [0.3, 0.4) is 0 Å². The molecule has 0 saturated carbocycles. The molecular formula is C12H27NO2. The van der Waals surface area contributed by atoms with Crippen molar-refractivity contribution in [2.45, 2.75) is 52.4 Å². The summed E-state index contributed by atoms with van der Waals surface area (Å²) >= 11 is 0. The Morgan fingerprint density at radius 3 is 1.87 bits per heavy atom. The second-order valence-corrected chi connectivity index (χ2v) is 4.37. The fourth-order valence-corrected chi connectivity index (χ4v) is 2.02. The van der Waals surface area contributed by atoms with Crippen molar-refractivity contribution in [1.82, 2.24) is 0 Å². The average Bonchev–Trinajstić information content (AvgIpc) is 2.18. The number of aliphatic hydroxyl groups is 1. The summed E-state index contributed by atoms with van der Waals surface area (Å²) in [4.78, 5) is 0. The second-order valence-electron chi connectivity index (χ2n) is 4.37. The molecule has 0 amide bonds. The number of rotatable bonds is 10. The lowest BCUT2D eigenvalue weighted by atomic mass is 10.2. The zero-order chi connectivity index (χ0) is 11.6. The fourth-order valence-electron chi connectivity index (χ4n) is 2.02. The first-order valence-electron chi connectivity index (χ1n) is 6.36. The molecule has 0 atom stereocenters. The molecule has 0 aromatic carbocycles. The van der Waals surface area contributed by atoms with Gasteiger partial charge in [-0.2, -0.15) is 0 Å². The van der Waals surface area contributed by atoms with Gasteiger partial charge in [-0.1, -0.05) is 20.3 Å². The summed E-state index contributed by atoms with van der Waals surface area (Å²) in [5.74, 6) is 0. The van der Waals surface area contributed by atoms with Crippen molar-refractivity contribution in [3.05, 3.63) is 5.21 Å². The second kappa shape index (κ2) is 9.13. The number of hydrogen-bond donors (Lipinski definition) is 1. The van der Waals surface area contributed by atoms with E-state index in [0.717, 1.165) is 58.2 Å². The van der Waals surface area contributed by atoms with E-state index in [-0.39, 0.29) is 11.3 Å². The van der Waals surface area contributed by atoms with Gasteiger partial charge in [-0.15, -0.1) is 0 Å². The molecule has 0 aliphatic rings. The van der Waals surface area contributed by atoms with Gasteiger partial charge in [-0.05, 0) is 32.1 Å². The summed E-state index contributed by atoms with van der Waals surface area (Å²) in [7, 11) is 0. The third-order valence-corrected chi connectivity index (χ3v) is 2.74. The largest absolute Gasteiger partial charge is 0.633 e. The van der Waals surface area contributed by atoms with E-state index in [9.17, 15) is 5.21 Å². The molecule has 0 spiro atoms. The maximum absolute atomic E-state index is 12.2. The van der Waals surface area contributed by atoms with E-state index in [2.05, 4.69) is 13.8 Å². The van der Waals surface area contributed by atoms with Crippen molar-refractivity contribution in [2.24, 2.45) is 0 Å². The lowest BCUT2D eigenvalue weighted by molar-refractivity contribution is -0.881. The summed E-state index contributed by atoms with van der Waals surface area (Å²) in [6.07, 6.45) is 5.95. The first-order valence-corrected chi connectivity index (χ1v) is 6.36. The van der Waals surface area contributed by atoms with Gasteiger partial charge in [0.15, 0.2) is 0 Å². The summed E-state index contributed by atoms with van der Waals surface area (Å²) in [6, 6.07) is 0. The Hall–Kier alpha value is -0.120. The summed E-state index contributed by atoms with van der Waals surface area (Å²) in [5, 5.41) is 20.9. The Labute approximate surface area is 94.3 Å². The van der Waals surface area contributed by atoms with Crippen LogP contribution in [0.4, 0.5) is 0 Å². The van der Waals surface area contributed by atoms with Gasteiger partial charge in [0.1, 0.15) is 0 Å². The highest BCUT2D eigenvalue weighted by molar-refractivity contribution is 4.47. The lowest BCUT2D eigenvalue weighted by Gasteiger charge is -2.42.